The third kappa shape index (κ3) is 4.01. The van der Waals surface area contributed by atoms with E-state index in [9.17, 15) is 0 Å². The monoisotopic (exact) mass is 246 g/mol. The molecule has 0 amide bonds. The molecule has 96 valence electrons. The number of benzene rings is 1. The molecule has 1 aromatic carbocycles. The van der Waals surface area contributed by atoms with Crippen molar-refractivity contribution in [3.05, 3.63) is 55.2 Å². The fourth-order valence-corrected chi connectivity index (χ4v) is 1.22. The second-order valence-corrected chi connectivity index (χ2v) is 3.35. The molecule has 0 aliphatic heterocycles. The minimum absolute atomic E-state index is 0.548. The van der Waals surface area contributed by atoms with Crippen LogP contribution in [0, 0.1) is 0 Å². The Balaban J connectivity index is 3.06. The van der Waals surface area contributed by atoms with Gasteiger partial charge in [-0.15, -0.1) is 0 Å². The summed E-state index contributed by atoms with van der Waals surface area (Å²) in [7, 11) is 0. The van der Waals surface area contributed by atoms with Crippen LogP contribution in [0.5, 0.6) is 17.2 Å². The van der Waals surface area contributed by atoms with Crippen molar-refractivity contribution in [2.24, 2.45) is 0 Å². The third-order valence-corrected chi connectivity index (χ3v) is 1.93. The molecule has 0 atom stereocenters. The molecule has 0 unspecified atom stereocenters. The fraction of sp³-hybridized carbons (Fsp3) is 0.200. The first-order valence-electron chi connectivity index (χ1n) is 5.80. The quantitative estimate of drug-likeness (QED) is 0.695. The van der Waals surface area contributed by atoms with Crippen molar-refractivity contribution in [2.45, 2.75) is 20.8 Å². The van der Waals surface area contributed by atoms with Gasteiger partial charge in [0.15, 0.2) is 11.5 Å². The molecule has 0 saturated heterocycles. The Morgan fingerprint density at radius 2 is 1.17 bits per heavy atom. The first-order chi connectivity index (χ1) is 8.83. The predicted octanol–water partition coefficient (Wildman–Crippen LogP) is 4.42. The van der Waals surface area contributed by atoms with Gasteiger partial charge in [-0.25, -0.2) is 0 Å². The summed E-state index contributed by atoms with van der Waals surface area (Å²) < 4.78 is 16.4. The van der Waals surface area contributed by atoms with Crippen LogP contribution in [0.4, 0.5) is 0 Å². The summed E-state index contributed by atoms with van der Waals surface area (Å²) in [4.78, 5) is 0. The largest absolute Gasteiger partial charge is 0.461 e. The van der Waals surface area contributed by atoms with Crippen LogP contribution in [0.15, 0.2) is 55.2 Å². The normalized spacial score (nSPS) is 11.5. The number of ether oxygens (including phenoxy) is 3. The summed E-state index contributed by atoms with van der Waals surface area (Å²) in [6.45, 7) is 5.64. The highest BCUT2D eigenvalue weighted by atomic mass is 16.5. The van der Waals surface area contributed by atoms with Gasteiger partial charge in [-0.3, -0.25) is 0 Å². The van der Waals surface area contributed by atoms with E-state index in [1.807, 2.05) is 39.0 Å². The summed E-state index contributed by atoms with van der Waals surface area (Å²) in [5.41, 5.74) is 0. The minimum Gasteiger partial charge on any atom is -0.461 e. The summed E-state index contributed by atoms with van der Waals surface area (Å²) in [6, 6.07) is 5.49. The average molecular weight is 246 g/mol. The Bertz CT molecular complexity index is 413. The van der Waals surface area contributed by atoms with Crippen molar-refractivity contribution in [3.8, 4) is 17.2 Å². The molecule has 1 rings (SSSR count). The molecule has 0 aromatic heterocycles. The molecule has 0 aliphatic carbocycles. The molecule has 0 spiro atoms. The second-order valence-electron chi connectivity index (χ2n) is 3.35. The molecule has 0 N–H and O–H groups in total. The zero-order chi connectivity index (χ0) is 13.2. The highest BCUT2D eigenvalue weighted by molar-refractivity contribution is 5.52. The fourth-order valence-electron chi connectivity index (χ4n) is 1.22. The maximum absolute atomic E-state index is 5.51. The van der Waals surface area contributed by atoms with Crippen molar-refractivity contribution in [2.75, 3.05) is 0 Å². The van der Waals surface area contributed by atoms with E-state index >= 15 is 0 Å². The zero-order valence-electron chi connectivity index (χ0n) is 10.9. The van der Waals surface area contributed by atoms with Gasteiger partial charge in [-0.05, 0) is 32.9 Å². The van der Waals surface area contributed by atoms with E-state index < -0.39 is 0 Å². The molecule has 18 heavy (non-hydrogen) atoms. The van der Waals surface area contributed by atoms with Crippen molar-refractivity contribution >= 4 is 0 Å². The summed E-state index contributed by atoms with van der Waals surface area (Å²) in [6.07, 6.45) is 10.2. The number of hydrogen-bond donors (Lipinski definition) is 0. The van der Waals surface area contributed by atoms with E-state index in [0.717, 1.165) is 0 Å². The third-order valence-electron chi connectivity index (χ3n) is 1.93. The molecule has 0 radical (unpaired) electrons. The first-order valence-corrected chi connectivity index (χ1v) is 5.80. The van der Waals surface area contributed by atoms with Gasteiger partial charge < -0.3 is 14.2 Å². The van der Waals surface area contributed by atoms with Crippen molar-refractivity contribution in [3.63, 3.8) is 0 Å². The van der Waals surface area contributed by atoms with Crippen LogP contribution in [0.25, 0.3) is 0 Å². The van der Waals surface area contributed by atoms with Gasteiger partial charge in [0.1, 0.15) is 0 Å². The van der Waals surface area contributed by atoms with Gasteiger partial charge in [0.25, 0.3) is 0 Å². The lowest BCUT2D eigenvalue weighted by atomic mass is 10.3. The lowest BCUT2D eigenvalue weighted by Crippen LogP contribution is -1.93. The van der Waals surface area contributed by atoms with Gasteiger partial charge in [-0.1, -0.05) is 24.3 Å². The molecule has 3 heteroatoms. The van der Waals surface area contributed by atoms with Crippen LogP contribution in [0.2, 0.25) is 0 Å². The number of para-hydroxylation sites is 1. The summed E-state index contributed by atoms with van der Waals surface area (Å²) >= 11 is 0. The molecule has 1 aromatic rings. The standard InChI is InChI=1S/C15H18O3/c1-4-10-16-13-8-7-9-14(17-11-5-2)15(13)18-12-6-3/h4-12H,1-3H3. The molecule has 0 aliphatic rings. The van der Waals surface area contributed by atoms with Crippen LogP contribution in [0.3, 0.4) is 0 Å². The number of allylic oxidation sites excluding steroid dienone is 3. The molecule has 0 saturated carbocycles. The van der Waals surface area contributed by atoms with Crippen LogP contribution < -0.4 is 14.2 Å². The van der Waals surface area contributed by atoms with Crippen molar-refractivity contribution in [1.29, 1.82) is 0 Å². The van der Waals surface area contributed by atoms with Crippen LogP contribution in [-0.4, -0.2) is 0 Å². The summed E-state index contributed by atoms with van der Waals surface area (Å²) in [5, 5.41) is 0. The Hall–Kier alpha value is -2.16. The predicted molar refractivity (Wildman–Crippen MR) is 72.8 cm³/mol. The van der Waals surface area contributed by atoms with Crippen LogP contribution in [0.1, 0.15) is 20.8 Å². The van der Waals surface area contributed by atoms with Crippen molar-refractivity contribution < 1.29 is 14.2 Å². The van der Waals surface area contributed by atoms with Gasteiger partial charge in [-0.2, -0.15) is 0 Å². The minimum atomic E-state index is 0.548. The van der Waals surface area contributed by atoms with Crippen LogP contribution in [-0.2, 0) is 0 Å². The molecule has 3 nitrogen and oxygen atoms in total. The van der Waals surface area contributed by atoms with Crippen molar-refractivity contribution in [1.82, 2.24) is 0 Å². The van der Waals surface area contributed by atoms with E-state index in [0.29, 0.717) is 17.2 Å². The van der Waals surface area contributed by atoms with Gasteiger partial charge >= 0.3 is 0 Å². The molecule has 0 fully saturated rings. The molecular weight excluding hydrogens is 228 g/mol. The highest BCUT2D eigenvalue weighted by Gasteiger charge is 2.10. The smallest absolute Gasteiger partial charge is 0.211 e. The maximum atomic E-state index is 5.51. The van der Waals surface area contributed by atoms with E-state index in [4.69, 9.17) is 14.2 Å². The number of hydrogen-bond acceptors (Lipinski definition) is 3. The van der Waals surface area contributed by atoms with Gasteiger partial charge in [0.05, 0.1) is 18.8 Å². The molecule has 0 heterocycles. The Morgan fingerprint density at radius 3 is 1.61 bits per heavy atom. The average Bonchev–Trinajstić information content (AvgIpc) is 2.41. The highest BCUT2D eigenvalue weighted by Crippen LogP contribution is 2.37. The first kappa shape index (κ1) is 13.9. The number of rotatable bonds is 6. The van der Waals surface area contributed by atoms with Gasteiger partial charge in [0.2, 0.25) is 5.75 Å². The van der Waals surface area contributed by atoms with E-state index in [1.54, 1.807) is 37.0 Å². The van der Waals surface area contributed by atoms with E-state index in [2.05, 4.69) is 0 Å². The van der Waals surface area contributed by atoms with Gasteiger partial charge in [0, 0.05) is 0 Å². The Labute approximate surface area is 108 Å². The lowest BCUT2D eigenvalue weighted by molar-refractivity contribution is 0.383. The topological polar surface area (TPSA) is 27.7 Å². The summed E-state index contributed by atoms with van der Waals surface area (Å²) in [5.74, 6) is 1.76. The lowest BCUT2D eigenvalue weighted by Gasteiger charge is -2.11. The molecular formula is C15H18O3. The van der Waals surface area contributed by atoms with E-state index in [-0.39, 0.29) is 0 Å². The Kier molecular flexibility index (Phi) is 6.19. The second kappa shape index (κ2) is 8.01. The van der Waals surface area contributed by atoms with E-state index in [1.165, 1.54) is 0 Å². The maximum Gasteiger partial charge on any atom is 0.211 e. The van der Waals surface area contributed by atoms with Crippen LogP contribution >= 0.6 is 0 Å². The zero-order valence-corrected chi connectivity index (χ0v) is 10.9. The Morgan fingerprint density at radius 1 is 0.722 bits per heavy atom. The molecule has 0 bridgehead atoms. The SMILES string of the molecule is CC=COc1cccc(OC=CC)c1OC=CC.